The van der Waals surface area contributed by atoms with Gasteiger partial charge >= 0.3 is 0 Å². The first-order chi connectivity index (χ1) is 13.8. The Kier molecular flexibility index (Phi) is 5.26. The van der Waals surface area contributed by atoms with Crippen molar-refractivity contribution in [1.82, 2.24) is 10.3 Å². The van der Waals surface area contributed by atoms with Crippen molar-refractivity contribution in [2.75, 3.05) is 14.2 Å². The van der Waals surface area contributed by atoms with Gasteiger partial charge < -0.3 is 19.2 Å². The van der Waals surface area contributed by atoms with Crippen LogP contribution in [0.15, 0.2) is 71.3 Å². The molecule has 3 aromatic carbocycles. The van der Waals surface area contributed by atoms with Gasteiger partial charge in [0, 0.05) is 24.7 Å². The molecule has 0 saturated carbocycles. The van der Waals surface area contributed by atoms with Gasteiger partial charge in [-0.15, -0.1) is 0 Å². The molecule has 0 fully saturated rings. The number of hydrogen-bond donors (Lipinski definition) is 1. The molecule has 0 spiro atoms. The van der Waals surface area contributed by atoms with E-state index >= 15 is 0 Å². The van der Waals surface area contributed by atoms with Crippen LogP contribution in [-0.4, -0.2) is 19.2 Å². The van der Waals surface area contributed by atoms with Crippen LogP contribution in [0.1, 0.15) is 11.3 Å². The third-order valence-corrected chi connectivity index (χ3v) is 4.62. The van der Waals surface area contributed by atoms with Crippen LogP contribution in [0, 0.1) is 0 Å². The molecule has 1 N–H and O–H groups in total. The largest absolute Gasteiger partial charge is 0.497 e. The van der Waals surface area contributed by atoms with Gasteiger partial charge in [-0.2, -0.15) is 0 Å². The smallest absolute Gasteiger partial charge is 0.226 e. The summed E-state index contributed by atoms with van der Waals surface area (Å²) in [6.07, 6.45) is 1.70. The van der Waals surface area contributed by atoms with Crippen LogP contribution in [0.4, 0.5) is 0 Å². The summed E-state index contributed by atoms with van der Waals surface area (Å²) in [6.45, 7) is 1.28. The number of fused-ring (bicyclic) bond motifs is 1. The lowest BCUT2D eigenvalue weighted by Crippen LogP contribution is -2.13. The van der Waals surface area contributed by atoms with Crippen molar-refractivity contribution in [2.45, 2.75) is 13.1 Å². The van der Waals surface area contributed by atoms with Crippen molar-refractivity contribution in [3.8, 4) is 23.0 Å². The maximum absolute atomic E-state index is 5.74. The Morgan fingerprint density at radius 1 is 0.893 bits per heavy atom. The molecule has 1 aromatic heterocycles. The zero-order chi connectivity index (χ0) is 19.3. The average molecular weight is 374 g/mol. The lowest BCUT2D eigenvalue weighted by Gasteiger charge is -2.09. The van der Waals surface area contributed by atoms with Gasteiger partial charge in [0.2, 0.25) is 5.89 Å². The van der Waals surface area contributed by atoms with Gasteiger partial charge in [-0.05, 0) is 34.5 Å². The van der Waals surface area contributed by atoms with E-state index in [2.05, 4.69) is 28.5 Å². The highest BCUT2D eigenvalue weighted by molar-refractivity contribution is 5.94. The van der Waals surface area contributed by atoms with Crippen LogP contribution >= 0.6 is 0 Å². The molecule has 4 rings (SSSR count). The van der Waals surface area contributed by atoms with Crippen molar-refractivity contribution >= 4 is 10.8 Å². The van der Waals surface area contributed by atoms with E-state index < -0.39 is 0 Å². The average Bonchev–Trinajstić information content (AvgIpc) is 3.21. The Morgan fingerprint density at radius 2 is 1.64 bits per heavy atom. The summed E-state index contributed by atoms with van der Waals surface area (Å²) in [5.74, 6) is 2.18. The van der Waals surface area contributed by atoms with Crippen molar-refractivity contribution in [2.24, 2.45) is 0 Å². The summed E-state index contributed by atoms with van der Waals surface area (Å²) in [5, 5.41) is 5.69. The van der Waals surface area contributed by atoms with Crippen LogP contribution in [0.25, 0.3) is 22.2 Å². The molecule has 0 radical (unpaired) electrons. The number of ether oxygens (including phenoxy) is 2. The minimum Gasteiger partial charge on any atom is -0.497 e. The summed E-state index contributed by atoms with van der Waals surface area (Å²) < 4.78 is 16.4. The molecule has 0 atom stereocenters. The second-order valence-corrected chi connectivity index (χ2v) is 6.50. The zero-order valence-electron chi connectivity index (χ0n) is 15.9. The number of methoxy groups -OCH3 is 2. The highest BCUT2D eigenvalue weighted by atomic mass is 16.5. The van der Waals surface area contributed by atoms with E-state index in [0.29, 0.717) is 19.0 Å². The van der Waals surface area contributed by atoms with Gasteiger partial charge in [0.25, 0.3) is 0 Å². The predicted molar refractivity (Wildman–Crippen MR) is 110 cm³/mol. The molecular formula is C23H22N2O3. The van der Waals surface area contributed by atoms with Gasteiger partial charge in [-0.25, -0.2) is 4.98 Å². The maximum Gasteiger partial charge on any atom is 0.226 e. The number of nitrogens with zero attached hydrogens (tertiary/aromatic N) is 1. The number of hydrogen-bond acceptors (Lipinski definition) is 5. The van der Waals surface area contributed by atoms with Gasteiger partial charge in [0.15, 0.2) is 0 Å². The van der Waals surface area contributed by atoms with E-state index in [1.807, 2.05) is 42.5 Å². The fourth-order valence-electron chi connectivity index (χ4n) is 3.23. The van der Waals surface area contributed by atoms with Gasteiger partial charge in [-0.3, -0.25) is 0 Å². The highest BCUT2D eigenvalue weighted by Gasteiger charge is 2.10. The third kappa shape index (κ3) is 3.85. The summed E-state index contributed by atoms with van der Waals surface area (Å²) >= 11 is 0. The van der Waals surface area contributed by atoms with E-state index in [0.717, 1.165) is 33.7 Å². The Balaban J connectivity index is 1.46. The monoisotopic (exact) mass is 374 g/mol. The molecule has 0 bridgehead atoms. The van der Waals surface area contributed by atoms with Crippen molar-refractivity contribution in [1.29, 1.82) is 0 Å². The van der Waals surface area contributed by atoms with Crippen LogP contribution in [-0.2, 0) is 13.1 Å². The molecule has 142 valence electrons. The van der Waals surface area contributed by atoms with Crippen LogP contribution in [0.5, 0.6) is 11.5 Å². The quantitative estimate of drug-likeness (QED) is 0.503. The van der Waals surface area contributed by atoms with Crippen LogP contribution in [0.3, 0.4) is 0 Å². The maximum atomic E-state index is 5.74. The van der Waals surface area contributed by atoms with Gasteiger partial charge in [-0.1, -0.05) is 36.4 Å². The van der Waals surface area contributed by atoms with E-state index in [9.17, 15) is 0 Å². The van der Waals surface area contributed by atoms with E-state index in [1.54, 1.807) is 20.5 Å². The molecule has 0 aliphatic carbocycles. The fraction of sp³-hybridized carbons (Fsp3) is 0.174. The molecule has 0 saturated heterocycles. The SMILES string of the molecule is COc1cc(CNCc2coc(-c3cccc4ccccc34)n2)cc(OC)c1. The van der Waals surface area contributed by atoms with Crippen LogP contribution < -0.4 is 14.8 Å². The van der Waals surface area contributed by atoms with Crippen molar-refractivity contribution in [3.63, 3.8) is 0 Å². The number of oxazole rings is 1. The molecule has 4 aromatic rings. The highest BCUT2D eigenvalue weighted by Crippen LogP contribution is 2.28. The Morgan fingerprint density at radius 3 is 2.43 bits per heavy atom. The molecule has 0 aliphatic rings. The first-order valence-electron chi connectivity index (χ1n) is 9.12. The minimum absolute atomic E-state index is 0.605. The van der Waals surface area contributed by atoms with Gasteiger partial charge in [0.1, 0.15) is 17.8 Å². The number of aromatic nitrogens is 1. The van der Waals surface area contributed by atoms with Crippen LogP contribution in [0.2, 0.25) is 0 Å². The molecule has 1 heterocycles. The molecule has 0 unspecified atom stereocenters. The first kappa shape index (κ1) is 18.1. The van der Waals surface area contributed by atoms with Crippen molar-refractivity contribution < 1.29 is 13.9 Å². The number of nitrogens with one attached hydrogen (secondary N) is 1. The Bertz CT molecular complexity index is 1060. The number of benzene rings is 3. The lowest BCUT2D eigenvalue weighted by atomic mass is 10.0. The summed E-state index contributed by atoms with van der Waals surface area (Å²) in [5.41, 5.74) is 2.94. The minimum atomic E-state index is 0.605. The number of rotatable bonds is 7. The summed E-state index contributed by atoms with van der Waals surface area (Å²) in [6, 6.07) is 20.2. The van der Waals surface area contributed by atoms with E-state index in [4.69, 9.17) is 13.9 Å². The van der Waals surface area contributed by atoms with Crippen molar-refractivity contribution in [3.05, 3.63) is 78.2 Å². The van der Waals surface area contributed by atoms with Gasteiger partial charge in [0.05, 0.1) is 19.9 Å². The topological polar surface area (TPSA) is 56.5 Å². The second-order valence-electron chi connectivity index (χ2n) is 6.50. The molecule has 0 aliphatic heterocycles. The molecule has 28 heavy (non-hydrogen) atoms. The molecular weight excluding hydrogens is 352 g/mol. The Labute approximate surface area is 163 Å². The van der Waals surface area contributed by atoms with E-state index in [-0.39, 0.29) is 0 Å². The summed E-state index contributed by atoms with van der Waals surface area (Å²) in [4.78, 5) is 4.65. The third-order valence-electron chi connectivity index (χ3n) is 4.62. The zero-order valence-corrected chi connectivity index (χ0v) is 15.9. The Hall–Kier alpha value is -3.31. The normalized spacial score (nSPS) is 10.9. The molecule has 0 amide bonds. The predicted octanol–water partition coefficient (Wildman–Crippen LogP) is 4.80. The molecule has 5 heteroatoms. The van der Waals surface area contributed by atoms with E-state index in [1.165, 1.54) is 5.39 Å². The second kappa shape index (κ2) is 8.15. The molecule has 5 nitrogen and oxygen atoms in total. The fourth-order valence-corrected chi connectivity index (χ4v) is 3.23. The standard InChI is InChI=1S/C23H22N2O3/c1-26-19-10-16(11-20(12-19)27-2)13-24-14-18-15-28-23(25-18)22-9-5-7-17-6-3-4-8-21(17)22/h3-12,15,24H,13-14H2,1-2H3. The first-order valence-corrected chi connectivity index (χ1v) is 9.12. The summed E-state index contributed by atoms with van der Waals surface area (Å²) in [7, 11) is 3.30. The lowest BCUT2D eigenvalue weighted by molar-refractivity contribution is 0.393.